The molecular formula is C23H22ClFN2O2. The maximum atomic E-state index is 13.5. The number of carbonyl (C=O) groups excluding carboxylic acids is 1. The van der Waals surface area contributed by atoms with E-state index in [4.69, 9.17) is 16.0 Å². The first-order valence-electron chi connectivity index (χ1n) is 9.69. The van der Waals surface area contributed by atoms with Crippen LogP contribution in [0.25, 0.3) is 0 Å². The summed E-state index contributed by atoms with van der Waals surface area (Å²) in [5, 5.41) is 0.517. The van der Waals surface area contributed by atoms with Gasteiger partial charge in [-0.2, -0.15) is 0 Å². The molecule has 1 amide bonds. The van der Waals surface area contributed by atoms with E-state index in [-0.39, 0.29) is 17.8 Å². The van der Waals surface area contributed by atoms with Crippen LogP contribution in [-0.4, -0.2) is 29.9 Å². The molecule has 1 aromatic heterocycles. The fourth-order valence-electron chi connectivity index (χ4n) is 3.81. The molecule has 1 saturated heterocycles. The van der Waals surface area contributed by atoms with Crippen molar-refractivity contribution >= 4 is 23.2 Å². The van der Waals surface area contributed by atoms with Gasteiger partial charge in [-0.15, -0.1) is 0 Å². The van der Waals surface area contributed by atoms with Gasteiger partial charge in [-0.3, -0.25) is 9.69 Å². The van der Waals surface area contributed by atoms with Gasteiger partial charge in [-0.1, -0.05) is 17.7 Å². The molecule has 0 bridgehead atoms. The molecule has 3 aromatic rings. The molecule has 1 aliphatic rings. The summed E-state index contributed by atoms with van der Waals surface area (Å²) in [4.78, 5) is 17.5. The van der Waals surface area contributed by atoms with Crippen molar-refractivity contribution in [2.24, 2.45) is 0 Å². The molecule has 0 atom stereocenters. The third-order valence-electron chi connectivity index (χ3n) is 5.28. The number of rotatable bonds is 5. The standard InChI is InChI=1S/C23H22ClFN2O2/c24-18-4-1-3-17(15-18)23(28)27(20-8-6-19(25)7-9-20)21-10-12-26(13-11-21)16-22-5-2-14-29-22/h1-9,14-15,21H,10-13,16H2. The number of nitrogens with zero attached hydrogens (tertiary/aromatic N) is 2. The molecule has 4 nitrogen and oxygen atoms in total. The summed E-state index contributed by atoms with van der Waals surface area (Å²) in [7, 11) is 0. The fraction of sp³-hybridized carbons (Fsp3) is 0.261. The SMILES string of the molecule is O=C(c1cccc(Cl)c1)N(c1ccc(F)cc1)C1CCN(Cc2ccco2)CC1. The van der Waals surface area contributed by atoms with Crippen LogP contribution in [0.4, 0.5) is 10.1 Å². The maximum Gasteiger partial charge on any atom is 0.258 e. The Kier molecular flexibility index (Phi) is 5.97. The first-order chi connectivity index (χ1) is 14.1. The van der Waals surface area contributed by atoms with Gasteiger partial charge < -0.3 is 9.32 Å². The fourth-order valence-corrected chi connectivity index (χ4v) is 4.01. The van der Waals surface area contributed by atoms with Crippen LogP contribution < -0.4 is 4.90 Å². The van der Waals surface area contributed by atoms with Crippen LogP contribution in [0.5, 0.6) is 0 Å². The van der Waals surface area contributed by atoms with E-state index in [1.165, 1.54) is 12.1 Å². The second kappa shape index (κ2) is 8.80. The Balaban J connectivity index is 1.54. The molecule has 2 aromatic carbocycles. The molecule has 1 fully saturated rings. The predicted molar refractivity (Wildman–Crippen MR) is 112 cm³/mol. The lowest BCUT2D eigenvalue weighted by atomic mass is 10.0. The number of hydrogen-bond donors (Lipinski definition) is 0. The monoisotopic (exact) mass is 412 g/mol. The van der Waals surface area contributed by atoms with Gasteiger partial charge in [0.1, 0.15) is 11.6 Å². The largest absolute Gasteiger partial charge is 0.468 e. The van der Waals surface area contributed by atoms with E-state index in [1.54, 1.807) is 47.6 Å². The van der Waals surface area contributed by atoms with Crippen LogP contribution in [0.15, 0.2) is 71.3 Å². The zero-order valence-electron chi connectivity index (χ0n) is 15.9. The van der Waals surface area contributed by atoms with E-state index in [1.807, 2.05) is 12.1 Å². The molecule has 0 radical (unpaired) electrons. The van der Waals surface area contributed by atoms with E-state index >= 15 is 0 Å². The van der Waals surface area contributed by atoms with Gasteiger partial charge in [-0.25, -0.2) is 4.39 Å². The average Bonchev–Trinajstić information content (AvgIpc) is 3.24. The second-order valence-corrected chi connectivity index (χ2v) is 7.69. The van der Waals surface area contributed by atoms with Crippen molar-refractivity contribution in [3.05, 3.63) is 89.1 Å². The van der Waals surface area contributed by atoms with Gasteiger partial charge in [0.25, 0.3) is 5.91 Å². The Labute approximate surface area is 174 Å². The van der Waals surface area contributed by atoms with E-state index in [0.29, 0.717) is 16.3 Å². The molecule has 150 valence electrons. The summed E-state index contributed by atoms with van der Waals surface area (Å²) in [5.74, 6) is 0.495. The van der Waals surface area contributed by atoms with Gasteiger partial charge in [-0.05, 0) is 67.4 Å². The van der Waals surface area contributed by atoms with Crippen molar-refractivity contribution in [3.63, 3.8) is 0 Å². The quantitative estimate of drug-likeness (QED) is 0.564. The molecule has 0 spiro atoms. The highest BCUT2D eigenvalue weighted by Gasteiger charge is 2.30. The van der Waals surface area contributed by atoms with Crippen LogP contribution in [0.1, 0.15) is 29.0 Å². The van der Waals surface area contributed by atoms with E-state index in [2.05, 4.69) is 4.90 Å². The Bertz CT molecular complexity index is 951. The molecule has 0 aliphatic carbocycles. The second-order valence-electron chi connectivity index (χ2n) is 7.25. The number of halogens is 2. The first-order valence-corrected chi connectivity index (χ1v) is 10.1. The molecule has 2 heterocycles. The summed E-state index contributed by atoms with van der Waals surface area (Å²) in [6.45, 7) is 2.47. The molecule has 6 heteroatoms. The van der Waals surface area contributed by atoms with Crippen molar-refractivity contribution in [2.45, 2.75) is 25.4 Å². The van der Waals surface area contributed by atoms with Crippen LogP contribution in [0, 0.1) is 5.82 Å². The smallest absolute Gasteiger partial charge is 0.258 e. The van der Waals surface area contributed by atoms with Crippen molar-refractivity contribution < 1.29 is 13.6 Å². The Morgan fingerprint density at radius 3 is 2.52 bits per heavy atom. The van der Waals surface area contributed by atoms with Gasteiger partial charge in [0.15, 0.2) is 0 Å². The summed E-state index contributed by atoms with van der Waals surface area (Å²) >= 11 is 6.10. The minimum absolute atomic E-state index is 0.0276. The highest BCUT2D eigenvalue weighted by molar-refractivity contribution is 6.31. The summed E-state index contributed by atoms with van der Waals surface area (Å²) < 4.78 is 18.9. The number of likely N-dealkylation sites (tertiary alicyclic amines) is 1. The minimum atomic E-state index is -0.322. The van der Waals surface area contributed by atoms with Crippen LogP contribution in [0.2, 0.25) is 5.02 Å². The Hall–Kier alpha value is -2.63. The Morgan fingerprint density at radius 1 is 1.10 bits per heavy atom. The number of amides is 1. The van der Waals surface area contributed by atoms with Gasteiger partial charge in [0, 0.05) is 35.4 Å². The topological polar surface area (TPSA) is 36.7 Å². The van der Waals surface area contributed by atoms with Gasteiger partial charge in [0.2, 0.25) is 0 Å². The summed E-state index contributed by atoms with van der Waals surface area (Å²) in [6.07, 6.45) is 3.33. The molecule has 4 rings (SSSR count). The molecule has 29 heavy (non-hydrogen) atoms. The lowest BCUT2D eigenvalue weighted by Crippen LogP contribution is -2.47. The number of carbonyl (C=O) groups is 1. The van der Waals surface area contributed by atoms with Crippen molar-refractivity contribution in [1.29, 1.82) is 0 Å². The molecular weight excluding hydrogens is 391 g/mol. The van der Waals surface area contributed by atoms with Gasteiger partial charge in [0.05, 0.1) is 12.8 Å². The van der Waals surface area contributed by atoms with Crippen LogP contribution in [0.3, 0.4) is 0 Å². The number of anilines is 1. The lowest BCUT2D eigenvalue weighted by molar-refractivity contribution is 0.0957. The van der Waals surface area contributed by atoms with Crippen molar-refractivity contribution in [2.75, 3.05) is 18.0 Å². The highest BCUT2D eigenvalue weighted by Crippen LogP contribution is 2.27. The van der Waals surface area contributed by atoms with E-state index in [9.17, 15) is 9.18 Å². The van der Waals surface area contributed by atoms with E-state index in [0.717, 1.165) is 38.2 Å². The third kappa shape index (κ3) is 4.69. The third-order valence-corrected chi connectivity index (χ3v) is 5.51. The van der Waals surface area contributed by atoms with Crippen molar-refractivity contribution in [1.82, 2.24) is 4.90 Å². The zero-order chi connectivity index (χ0) is 20.2. The number of furan rings is 1. The first kappa shape index (κ1) is 19.7. The Morgan fingerprint density at radius 2 is 1.86 bits per heavy atom. The number of hydrogen-bond acceptors (Lipinski definition) is 3. The van der Waals surface area contributed by atoms with E-state index < -0.39 is 0 Å². The maximum absolute atomic E-state index is 13.5. The van der Waals surface area contributed by atoms with Crippen LogP contribution in [-0.2, 0) is 6.54 Å². The van der Waals surface area contributed by atoms with Crippen molar-refractivity contribution in [3.8, 4) is 0 Å². The summed E-state index contributed by atoms with van der Waals surface area (Å²) in [6, 6.07) is 16.9. The average molecular weight is 413 g/mol. The molecule has 1 aliphatic heterocycles. The van der Waals surface area contributed by atoms with Crippen LogP contribution >= 0.6 is 11.6 Å². The molecule has 0 saturated carbocycles. The zero-order valence-corrected chi connectivity index (χ0v) is 16.7. The predicted octanol–water partition coefficient (Wildman–Crippen LogP) is 5.38. The molecule has 0 N–H and O–H groups in total. The minimum Gasteiger partial charge on any atom is -0.468 e. The normalized spacial score (nSPS) is 15.4. The number of piperidine rings is 1. The number of benzene rings is 2. The molecule has 0 unspecified atom stereocenters. The summed E-state index contributed by atoms with van der Waals surface area (Å²) in [5.41, 5.74) is 1.22. The van der Waals surface area contributed by atoms with Gasteiger partial charge >= 0.3 is 0 Å². The highest BCUT2D eigenvalue weighted by atomic mass is 35.5. The lowest BCUT2D eigenvalue weighted by Gasteiger charge is -2.38.